The Labute approximate surface area is 118 Å². The van der Waals surface area contributed by atoms with Gasteiger partial charge in [-0.15, -0.1) is 0 Å². The van der Waals surface area contributed by atoms with Crippen LogP contribution in [0.2, 0.25) is 0 Å². The first-order valence-corrected chi connectivity index (χ1v) is 7.11. The van der Waals surface area contributed by atoms with E-state index < -0.39 is 4.92 Å². The van der Waals surface area contributed by atoms with Gasteiger partial charge in [0.1, 0.15) is 11.6 Å². The summed E-state index contributed by atoms with van der Waals surface area (Å²) < 4.78 is 0. The first kappa shape index (κ1) is 12.9. The third-order valence-corrected chi connectivity index (χ3v) is 4.01. The number of nitrogens with zero attached hydrogens (tertiary/aromatic N) is 3. The van der Waals surface area contributed by atoms with Crippen LogP contribution in [0, 0.1) is 33.3 Å². The van der Waals surface area contributed by atoms with Crippen LogP contribution < -0.4 is 4.90 Å². The predicted molar refractivity (Wildman–Crippen MR) is 75.5 cm³/mol. The normalized spacial score (nSPS) is 17.6. The third-order valence-electron chi connectivity index (χ3n) is 4.01. The molecule has 0 amide bonds. The largest absolute Gasteiger partial charge is 0.371 e. The minimum absolute atomic E-state index is 0.103. The molecule has 5 nitrogen and oxygen atoms in total. The zero-order valence-corrected chi connectivity index (χ0v) is 11.3. The SMILES string of the molecule is N#Cc1cc(N(CC2CC2)CC2CC2)ccc1[N+](=O)[O-]. The lowest BCUT2D eigenvalue weighted by Gasteiger charge is -2.25. The molecule has 0 radical (unpaired) electrons. The van der Waals surface area contributed by atoms with Crippen LogP contribution in [0.5, 0.6) is 0 Å². The molecular formula is C15H17N3O2. The van der Waals surface area contributed by atoms with Gasteiger partial charge in [-0.25, -0.2) is 0 Å². The highest BCUT2D eigenvalue weighted by molar-refractivity contribution is 5.60. The zero-order chi connectivity index (χ0) is 14.1. The van der Waals surface area contributed by atoms with Gasteiger partial charge in [-0.05, 0) is 49.7 Å². The molecule has 3 rings (SSSR count). The standard InChI is InChI=1S/C15H17N3O2/c16-8-13-7-14(5-6-15(13)18(19)20)17(9-11-1-2-11)10-12-3-4-12/h5-7,11-12H,1-4,9-10H2. The highest BCUT2D eigenvalue weighted by Gasteiger charge is 2.30. The molecule has 1 aromatic carbocycles. The van der Waals surface area contributed by atoms with Crippen molar-refractivity contribution in [3.63, 3.8) is 0 Å². The van der Waals surface area contributed by atoms with Crippen LogP contribution in [0.1, 0.15) is 31.2 Å². The van der Waals surface area contributed by atoms with Gasteiger partial charge in [-0.2, -0.15) is 5.26 Å². The van der Waals surface area contributed by atoms with E-state index in [4.69, 9.17) is 5.26 Å². The molecule has 20 heavy (non-hydrogen) atoms. The van der Waals surface area contributed by atoms with Crippen molar-refractivity contribution < 1.29 is 4.92 Å². The lowest BCUT2D eigenvalue weighted by atomic mass is 10.1. The molecule has 2 saturated carbocycles. The second kappa shape index (κ2) is 5.12. The third kappa shape index (κ3) is 2.90. The lowest BCUT2D eigenvalue weighted by Crippen LogP contribution is -2.28. The van der Waals surface area contributed by atoms with Crippen LogP contribution in [-0.2, 0) is 0 Å². The molecule has 2 fully saturated rings. The first-order chi connectivity index (χ1) is 9.67. The molecule has 2 aliphatic carbocycles. The molecule has 0 unspecified atom stereocenters. The monoisotopic (exact) mass is 271 g/mol. The molecule has 0 atom stereocenters. The van der Waals surface area contributed by atoms with E-state index in [0.717, 1.165) is 30.6 Å². The number of rotatable bonds is 6. The Balaban J connectivity index is 1.85. The van der Waals surface area contributed by atoms with E-state index in [2.05, 4.69) is 4.90 Å². The average Bonchev–Trinajstić information content (AvgIpc) is 3.32. The predicted octanol–water partition coefficient (Wildman–Crippen LogP) is 3.09. The molecule has 0 saturated heterocycles. The van der Waals surface area contributed by atoms with Crippen molar-refractivity contribution >= 4 is 11.4 Å². The summed E-state index contributed by atoms with van der Waals surface area (Å²) in [5.41, 5.74) is 1.00. The minimum Gasteiger partial charge on any atom is -0.371 e. The number of nitro groups is 1. The van der Waals surface area contributed by atoms with Crippen LogP contribution in [-0.4, -0.2) is 18.0 Å². The fourth-order valence-corrected chi connectivity index (χ4v) is 2.48. The van der Waals surface area contributed by atoms with Crippen molar-refractivity contribution in [2.24, 2.45) is 11.8 Å². The fraction of sp³-hybridized carbons (Fsp3) is 0.533. The Morgan fingerprint density at radius 2 is 1.85 bits per heavy atom. The lowest BCUT2D eigenvalue weighted by molar-refractivity contribution is -0.385. The number of hydrogen-bond acceptors (Lipinski definition) is 4. The molecule has 0 bridgehead atoms. The van der Waals surface area contributed by atoms with E-state index in [-0.39, 0.29) is 11.3 Å². The Bertz CT molecular complexity index is 557. The summed E-state index contributed by atoms with van der Waals surface area (Å²) >= 11 is 0. The molecule has 0 spiro atoms. The molecule has 1 aromatic rings. The quantitative estimate of drug-likeness (QED) is 0.589. The van der Waals surface area contributed by atoms with E-state index in [1.54, 1.807) is 12.1 Å². The summed E-state index contributed by atoms with van der Waals surface area (Å²) in [5, 5.41) is 20.0. The van der Waals surface area contributed by atoms with Crippen molar-refractivity contribution in [2.75, 3.05) is 18.0 Å². The molecule has 0 aliphatic heterocycles. The van der Waals surface area contributed by atoms with Crippen molar-refractivity contribution in [1.82, 2.24) is 0 Å². The maximum Gasteiger partial charge on any atom is 0.287 e. The van der Waals surface area contributed by atoms with Crippen molar-refractivity contribution in [1.29, 1.82) is 5.26 Å². The van der Waals surface area contributed by atoms with Crippen LogP contribution in [0.3, 0.4) is 0 Å². The fourth-order valence-electron chi connectivity index (χ4n) is 2.48. The van der Waals surface area contributed by atoms with Gasteiger partial charge in [0.05, 0.1) is 4.92 Å². The summed E-state index contributed by atoms with van der Waals surface area (Å²) in [6.45, 7) is 2.03. The second-order valence-corrected chi connectivity index (χ2v) is 5.86. The van der Waals surface area contributed by atoms with Crippen LogP contribution in [0.25, 0.3) is 0 Å². The van der Waals surface area contributed by atoms with Crippen LogP contribution >= 0.6 is 0 Å². The maximum atomic E-state index is 10.9. The van der Waals surface area contributed by atoms with Gasteiger partial charge in [0, 0.05) is 24.8 Å². The molecule has 104 valence electrons. The summed E-state index contributed by atoms with van der Waals surface area (Å²) in [5.74, 6) is 1.52. The van der Waals surface area contributed by atoms with Gasteiger partial charge in [0.15, 0.2) is 0 Å². The van der Waals surface area contributed by atoms with Gasteiger partial charge in [-0.3, -0.25) is 10.1 Å². The minimum atomic E-state index is -0.492. The van der Waals surface area contributed by atoms with E-state index in [0.29, 0.717) is 0 Å². The maximum absolute atomic E-state index is 10.9. The number of nitro benzene ring substituents is 1. The zero-order valence-electron chi connectivity index (χ0n) is 11.3. The van der Waals surface area contributed by atoms with Gasteiger partial charge < -0.3 is 4.90 Å². The van der Waals surface area contributed by atoms with Crippen molar-refractivity contribution in [3.05, 3.63) is 33.9 Å². The molecule has 0 N–H and O–H groups in total. The summed E-state index contributed by atoms with van der Waals surface area (Å²) in [6, 6.07) is 6.85. The second-order valence-electron chi connectivity index (χ2n) is 5.86. The Kier molecular flexibility index (Phi) is 3.31. The molecule has 0 heterocycles. The van der Waals surface area contributed by atoms with Crippen LogP contribution in [0.4, 0.5) is 11.4 Å². The summed E-state index contributed by atoms with van der Waals surface area (Å²) in [6.07, 6.45) is 5.11. The van der Waals surface area contributed by atoms with E-state index in [1.165, 1.54) is 31.7 Å². The van der Waals surface area contributed by atoms with Crippen LogP contribution in [0.15, 0.2) is 18.2 Å². The van der Waals surface area contributed by atoms with Gasteiger partial charge >= 0.3 is 0 Å². The smallest absolute Gasteiger partial charge is 0.287 e. The molecule has 0 aromatic heterocycles. The number of hydrogen-bond donors (Lipinski definition) is 0. The molecule has 2 aliphatic rings. The topological polar surface area (TPSA) is 70.2 Å². The summed E-state index contributed by atoms with van der Waals surface area (Å²) in [4.78, 5) is 12.7. The number of benzene rings is 1. The summed E-state index contributed by atoms with van der Waals surface area (Å²) in [7, 11) is 0. The van der Waals surface area contributed by atoms with E-state index in [9.17, 15) is 10.1 Å². The highest BCUT2D eigenvalue weighted by Crippen LogP contribution is 2.36. The Hall–Kier alpha value is -2.09. The highest BCUT2D eigenvalue weighted by atomic mass is 16.6. The number of anilines is 1. The first-order valence-electron chi connectivity index (χ1n) is 7.11. The van der Waals surface area contributed by atoms with E-state index >= 15 is 0 Å². The van der Waals surface area contributed by atoms with E-state index in [1.807, 2.05) is 6.07 Å². The Morgan fingerprint density at radius 1 is 1.25 bits per heavy atom. The molecule has 5 heteroatoms. The average molecular weight is 271 g/mol. The van der Waals surface area contributed by atoms with Gasteiger partial charge in [0.25, 0.3) is 5.69 Å². The number of nitriles is 1. The van der Waals surface area contributed by atoms with Crippen molar-refractivity contribution in [2.45, 2.75) is 25.7 Å². The van der Waals surface area contributed by atoms with Gasteiger partial charge in [-0.1, -0.05) is 0 Å². The molecular weight excluding hydrogens is 254 g/mol. The van der Waals surface area contributed by atoms with Gasteiger partial charge in [0.2, 0.25) is 0 Å². The Morgan fingerprint density at radius 3 is 2.30 bits per heavy atom. The van der Waals surface area contributed by atoms with Crippen molar-refractivity contribution in [3.8, 4) is 6.07 Å².